The number of aliphatic carboxylic acids is 1. The average molecular weight is 543 g/mol. The van der Waals surface area contributed by atoms with Gasteiger partial charge in [-0.3, -0.25) is 9.48 Å². The maximum Gasteiger partial charge on any atom is 0.304 e. The Bertz CT molecular complexity index is 1590. The molecule has 1 aliphatic heterocycles. The molecule has 0 radical (unpaired) electrons. The second kappa shape index (κ2) is 10.3. The van der Waals surface area contributed by atoms with Crippen molar-refractivity contribution in [1.82, 2.24) is 9.78 Å². The molecule has 6 rings (SSSR count). The van der Waals surface area contributed by atoms with E-state index in [9.17, 15) is 4.79 Å². The zero-order valence-electron chi connectivity index (χ0n) is 22.7. The molecule has 1 aromatic heterocycles. The maximum absolute atomic E-state index is 15.3. The minimum absolute atomic E-state index is 0.0213. The lowest BCUT2D eigenvalue weighted by Gasteiger charge is -2.19. The number of halogens is 1. The van der Waals surface area contributed by atoms with Crippen LogP contribution in [-0.2, 0) is 24.9 Å². The van der Waals surface area contributed by atoms with Gasteiger partial charge in [0.15, 0.2) is 0 Å². The molecule has 0 fully saturated rings. The number of rotatable bonds is 8. The number of benzene rings is 3. The Labute approximate surface area is 232 Å². The molecule has 1 unspecified atom stereocenters. The van der Waals surface area contributed by atoms with Gasteiger partial charge >= 0.3 is 5.97 Å². The summed E-state index contributed by atoms with van der Waals surface area (Å²) in [5.74, 6) is 0.698. The van der Waals surface area contributed by atoms with Gasteiger partial charge < -0.3 is 19.3 Å². The van der Waals surface area contributed by atoms with Crippen molar-refractivity contribution in [2.75, 3.05) is 6.61 Å². The van der Waals surface area contributed by atoms with Crippen LogP contribution in [0.1, 0.15) is 58.4 Å². The van der Waals surface area contributed by atoms with E-state index in [4.69, 9.17) is 19.3 Å². The van der Waals surface area contributed by atoms with Crippen LogP contribution in [0.2, 0.25) is 0 Å². The number of carbonyl (C=O) groups is 1. The number of aryl methyl sites for hydroxylation is 3. The molecule has 7 nitrogen and oxygen atoms in total. The van der Waals surface area contributed by atoms with Crippen molar-refractivity contribution >= 4 is 5.97 Å². The fraction of sp³-hybridized carbons (Fsp3) is 0.312. The number of nitrogens with zero attached hydrogens (tertiary/aromatic N) is 2. The van der Waals surface area contributed by atoms with Gasteiger partial charge in [-0.05, 0) is 84.8 Å². The summed E-state index contributed by atoms with van der Waals surface area (Å²) in [6, 6.07) is 14.9. The average Bonchev–Trinajstić information content (AvgIpc) is 3.63. The summed E-state index contributed by atoms with van der Waals surface area (Å²) < 4.78 is 35.2. The SMILES string of the molecule is Cc1cc(OCc2ccnn2C)cc(C)c1-c1ccc(F)c2c1CC[C@H]2Oc1ccc2c(c1)OCC2CC(=O)O. The van der Waals surface area contributed by atoms with Crippen LogP contribution in [0.15, 0.2) is 54.7 Å². The van der Waals surface area contributed by atoms with E-state index >= 15 is 4.39 Å². The number of hydrogen-bond acceptors (Lipinski definition) is 5. The summed E-state index contributed by atoms with van der Waals surface area (Å²) in [7, 11) is 1.89. The Hall–Kier alpha value is -4.33. The molecule has 2 aliphatic rings. The molecule has 0 saturated heterocycles. The minimum atomic E-state index is -0.854. The first-order valence-electron chi connectivity index (χ1n) is 13.5. The lowest BCUT2D eigenvalue weighted by Crippen LogP contribution is -2.07. The second-order valence-corrected chi connectivity index (χ2v) is 10.6. The Morgan fingerprint density at radius 1 is 1.12 bits per heavy atom. The summed E-state index contributed by atoms with van der Waals surface area (Å²) in [4.78, 5) is 11.2. The Morgan fingerprint density at radius 3 is 2.65 bits per heavy atom. The van der Waals surface area contributed by atoms with Crippen LogP contribution in [-0.4, -0.2) is 27.5 Å². The maximum atomic E-state index is 15.3. The van der Waals surface area contributed by atoms with Gasteiger partial charge in [0.2, 0.25) is 0 Å². The van der Waals surface area contributed by atoms with Gasteiger partial charge in [0.05, 0.1) is 18.7 Å². The molecule has 1 N–H and O–H groups in total. The van der Waals surface area contributed by atoms with Gasteiger partial charge in [-0.2, -0.15) is 5.10 Å². The summed E-state index contributed by atoms with van der Waals surface area (Å²) in [6.07, 6.45) is 2.71. The van der Waals surface area contributed by atoms with Gasteiger partial charge in [-0.1, -0.05) is 12.1 Å². The van der Waals surface area contributed by atoms with Gasteiger partial charge in [-0.15, -0.1) is 0 Å². The summed E-state index contributed by atoms with van der Waals surface area (Å²) in [6.45, 7) is 4.87. The van der Waals surface area contributed by atoms with Crippen molar-refractivity contribution in [3.8, 4) is 28.4 Å². The van der Waals surface area contributed by atoms with Crippen molar-refractivity contribution in [2.24, 2.45) is 7.05 Å². The molecular weight excluding hydrogens is 511 g/mol. The molecule has 2 atom stereocenters. The minimum Gasteiger partial charge on any atom is -0.492 e. The fourth-order valence-electron chi connectivity index (χ4n) is 6.03. The second-order valence-electron chi connectivity index (χ2n) is 10.6. The first-order valence-corrected chi connectivity index (χ1v) is 13.5. The number of hydrogen-bond donors (Lipinski definition) is 1. The predicted octanol–water partition coefficient (Wildman–Crippen LogP) is 6.44. The quantitative estimate of drug-likeness (QED) is 0.276. The van der Waals surface area contributed by atoms with Crippen molar-refractivity contribution in [3.63, 3.8) is 0 Å². The lowest BCUT2D eigenvalue weighted by atomic mass is 9.90. The third kappa shape index (κ3) is 4.78. The number of ether oxygens (including phenoxy) is 3. The van der Waals surface area contributed by atoms with Gasteiger partial charge in [0.1, 0.15) is 35.8 Å². The summed E-state index contributed by atoms with van der Waals surface area (Å²) >= 11 is 0. The normalized spacial score (nSPS) is 17.3. The van der Waals surface area contributed by atoms with Crippen molar-refractivity contribution < 1.29 is 28.5 Å². The van der Waals surface area contributed by atoms with Crippen LogP contribution in [0, 0.1) is 19.7 Å². The first kappa shape index (κ1) is 25.9. The number of fused-ring (bicyclic) bond motifs is 2. The molecule has 206 valence electrons. The standard InChI is InChI=1S/C32H31FN2O5/c1-18-12-23(38-17-21-10-11-34-35(21)3)13-19(2)31(18)25-6-8-27(33)32-26(25)7-9-28(32)40-22-4-5-24-20(14-30(36)37)16-39-29(24)15-22/h4-6,8,10-13,15,20,28H,7,9,14,16-17H2,1-3H3,(H,36,37)/t20?,28-/m1/s1. The smallest absolute Gasteiger partial charge is 0.304 e. The van der Waals surface area contributed by atoms with E-state index in [0.29, 0.717) is 43.1 Å². The van der Waals surface area contributed by atoms with E-state index in [-0.39, 0.29) is 18.2 Å². The van der Waals surface area contributed by atoms with Crippen LogP contribution in [0.25, 0.3) is 11.1 Å². The van der Waals surface area contributed by atoms with Crippen LogP contribution in [0.4, 0.5) is 4.39 Å². The molecule has 1 aliphatic carbocycles. The third-order valence-electron chi connectivity index (χ3n) is 7.93. The van der Waals surface area contributed by atoms with E-state index in [1.807, 2.05) is 43.4 Å². The van der Waals surface area contributed by atoms with E-state index in [0.717, 1.165) is 44.8 Å². The largest absolute Gasteiger partial charge is 0.492 e. The highest BCUT2D eigenvalue weighted by atomic mass is 19.1. The topological polar surface area (TPSA) is 82.8 Å². The zero-order valence-corrected chi connectivity index (χ0v) is 22.7. The Balaban J connectivity index is 1.25. The van der Waals surface area contributed by atoms with Crippen molar-refractivity contribution in [3.05, 3.63) is 94.1 Å². The highest BCUT2D eigenvalue weighted by Gasteiger charge is 2.32. The molecule has 8 heteroatoms. The molecule has 0 bridgehead atoms. The van der Waals surface area contributed by atoms with Crippen molar-refractivity contribution in [1.29, 1.82) is 0 Å². The number of aromatic nitrogens is 2. The first-order chi connectivity index (χ1) is 19.3. The lowest BCUT2D eigenvalue weighted by molar-refractivity contribution is -0.137. The fourth-order valence-corrected chi connectivity index (χ4v) is 6.03. The van der Waals surface area contributed by atoms with Gasteiger partial charge in [-0.25, -0.2) is 4.39 Å². The van der Waals surface area contributed by atoms with E-state index in [1.54, 1.807) is 16.9 Å². The zero-order chi connectivity index (χ0) is 28.0. The van der Waals surface area contributed by atoms with Gasteiger partial charge in [0.25, 0.3) is 0 Å². The third-order valence-corrected chi connectivity index (χ3v) is 7.93. The summed E-state index contributed by atoms with van der Waals surface area (Å²) in [5, 5.41) is 13.3. The monoisotopic (exact) mass is 542 g/mol. The molecule has 4 aromatic rings. The molecule has 3 aromatic carbocycles. The van der Waals surface area contributed by atoms with E-state index < -0.39 is 12.1 Å². The highest BCUT2D eigenvalue weighted by Crippen LogP contribution is 2.45. The Kier molecular flexibility index (Phi) is 6.70. The van der Waals surface area contributed by atoms with Crippen molar-refractivity contribution in [2.45, 2.75) is 51.7 Å². The van der Waals surface area contributed by atoms with Crippen LogP contribution in [0.3, 0.4) is 0 Å². The summed E-state index contributed by atoms with van der Waals surface area (Å²) in [5.41, 5.74) is 7.64. The van der Waals surface area contributed by atoms with Crippen LogP contribution >= 0.6 is 0 Å². The molecule has 40 heavy (non-hydrogen) atoms. The van der Waals surface area contributed by atoms with Gasteiger partial charge in [0, 0.05) is 36.4 Å². The highest BCUT2D eigenvalue weighted by molar-refractivity contribution is 5.76. The molecule has 0 spiro atoms. The molecule has 0 saturated carbocycles. The Morgan fingerprint density at radius 2 is 1.93 bits per heavy atom. The number of carboxylic acid groups (broad SMARTS) is 1. The molecular formula is C32H31FN2O5. The molecule has 2 heterocycles. The van der Waals surface area contributed by atoms with Crippen LogP contribution in [0.5, 0.6) is 17.2 Å². The number of carboxylic acids is 1. The van der Waals surface area contributed by atoms with E-state index in [2.05, 4.69) is 18.9 Å². The predicted molar refractivity (Wildman–Crippen MR) is 147 cm³/mol. The van der Waals surface area contributed by atoms with E-state index in [1.165, 1.54) is 6.07 Å². The van der Waals surface area contributed by atoms with Crippen LogP contribution < -0.4 is 14.2 Å². The molecule has 0 amide bonds.